The summed E-state index contributed by atoms with van der Waals surface area (Å²) in [5.41, 5.74) is 5.66. The maximum atomic E-state index is 3.49. The van der Waals surface area contributed by atoms with Crippen molar-refractivity contribution in [2.75, 3.05) is 31.1 Å². The van der Waals surface area contributed by atoms with Crippen molar-refractivity contribution in [3.63, 3.8) is 0 Å². The summed E-state index contributed by atoms with van der Waals surface area (Å²) >= 11 is 0. The zero-order valence-corrected chi connectivity index (χ0v) is 13.2. The number of rotatable bonds is 2. The van der Waals surface area contributed by atoms with E-state index in [1.54, 1.807) is 0 Å². The quantitative estimate of drug-likeness (QED) is 0.893. The van der Waals surface area contributed by atoms with Gasteiger partial charge in [0.1, 0.15) is 0 Å². The van der Waals surface area contributed by atoms with Crippen LogP contribution in [0.2, 0.25) is 0 Å². The van der Waals surface area contributed by atoms with Crippen LogP contribution in [0.25, 0.3) is 0 Å². The van der Waals surface area contributed by atoms with Gasteiger partial charge in [-0.2, -0.15) is 0 Å². The second kappa shape index (κ2) is 5.38. The van der Waals surface area contributed by atoms with Crippen molar-refractivity contribution >= 4 is 5.69 Å². The third-order valence-electron chi connectivity index (χ3n) is 4.96. The SMILES string of the molecule is Cc1cc(C)c(N2CCN(C3CCNC3)C2C)c(C)c1. The topological polar surface area (TPSA) is 18.5 Å². The van der Waals surface area contributed by atoms with Crippen molar-refractivity contribution in [2.45, 2.75) is 46.3 Å². The first-order valence-corrected chi connectivity index (χ1v) is 7.89. The Balaban J connectivity index is 1.85. The summed E-state index contributed by atoms with van der Waals surface area (Å²) in [6.45, 7) is 13.7. The Morgan fingerprint density at radius 1 is 1.10 bits per heavy atom. The van der Waals surface area contributed by atoms with Crippen LogP contribution in [-0.2, 0) is 0 Å². The highest BCUT2D eigenvalue weighted by molar-refractivity contribution is 5.61. The number of hydrogen-bond donors (Lipinski definition) is 1. The van der Waals surface area contributed by atoms with E-state index in [9.17, 15) is 0 Å². The van der Waals surface area contributed by atoms with Crippen molar-refractivity contribution in [1.29, 1.82) is 0 Å². The molecule has 2 aliphatic rings. The summed E-state index contributed by atoms with van der Waals surface area (Å²) in [4.78, 5) is 5.28. The minimum Gasteiger partial charge on any atom is -0.354 e. The molecule has 2 fully saturated rings. The molecule has 0 saturated carbocycles. The zero-order valence-electron chi connectivity index (χ0n) is 13.2. The van der Waals surface area contributed by atoms with Crippen LogP contribution in [-0.4, -0.2) is 43.3 Å². The van der Waals surface area contributed by atoms with Gasteiger partial charge in [-0.05, 0) is 51.8 Å². The molecule has 1 N–H and O–H groups in total. The second-order valence-electron chi connectivity index (χ2n) is 6.46. The fraction of sp³-hybridized carbons (Fsp3) is 0.647. The molecular formula is C17H27N3. The van der Waals surface area contributed by atoms with Gasteiger partial charge < -0.3 is 10.2 Å². The predicted octanol–water partition coefficient (Wildman–Crippen LogP) is 2.44. The summed E-state index contributed by atoms with van der Waals surface area (Å²) in [5, 5.41) is 3.49. The third kappa shape index (κ3) is 2.33. The van der Waals surface area contributed by atoms with E-state index in [-0.39, 0.29) is 0 Å². The van der Waals surface area contributed by atoms with Gasteiger partial charge in [0.05, 0.1) is 6.17 Å². The summed E-state index contributed by atoms with van der Waals surface area (Å²) in [6.07, 6.45) is 1.81. The molecule has 2 heterocycles. The van der Waals surface area contributed by atoms with E-state index in [4.69, 9.17) is 0 Å². The van der Waals surface area contributed by atoms with Crippen molar-refractivity contribution in [3.05, 3.63) is 28.8 Å². The van der Waals surface area contributed by atoms with Crippen LogP contribution in [0.5, 0.6) is 0 Å². The molecule has 20 heavy (non-hydrogen) atoms. The highest BCUT2D eigenvalue weighted by atomic mass is 15.4. The molecular weight excluding hydrogens is 246 g/mol. The molecule has 0 aromatic heterocycles. The van der Waals surface area contributed by atoms with Crippen LogP contribution >= 0.6 is 0 Å². The van der Waals surface area contributed by atoms with Gasteiger partial charge in [0.25, 0.3) is 0 Å². The standard InChI is InChI=1S/C17H27N3/c1-12-9-13(2)17(14(3)10-12)20-8-7-19(15(20)4)16-5-6-18-11-16/h9-10,15-16,18H,5-8,11H2,1-4H3. The van der Waals surface area contributed by atoms with E-state index in [1.807, 2.05) is 0 Å². The first-order valence-electron chi connectivity index (χ1n) is 7.89. The Morgan fingerprint density at radius 3 is 2.40 bits per heavy atom. The van der Waals surface area contributed by atoms with Gasteiger partial charge >= 0.3 is 0 Å². The Bertz CT molecular complexity index is 468. The fourth-order valence-corrected chi connectivity index (χ4v) is 4.11. The lowest BCUT2D eigenvalue weighted by Crippen LogP contribution is -2.43. The van der Waals surface area contributed by atoms with Gasteiger partial charge in [0.15, 0.2) is 0 Å². The summed E-state index contributed by atoms with van der Waals surface area (Å²) in [6, 6.07) is 5.35. The van der Waals surface area contributed by atoms with E-state index in [0.717, 1.165) is 19.1 Å². The van der Waals surface area contributed by atoms with Gasteiger partial charge in [-0.15, -0.1) is 0 Å². The highest BCUT2D eigenvalue weighted by Gasteiger charge is 2.35. The van der Waals surface area contributed by atoms with Crippen LogP contribution in [0, 0.1) is 20.8 Å². The minimum atomic E-state index is 0.514. The van der Waals surface area contributed by atoms with Gasteiger partial charge in [0, 0.05) is 31.4 Å². The molecule has 3 heteroatoms. The molecule has 2 saturated heterocycles. The number of nitrogens with one attached hydrogen (secondary N) is 1. The maximum Gasteiger partial charge on any atom is 0.0796 e. The number of aryl methyl sites for hydroxylation is 3. The first kappa shape index (κ1) is 13.9. The largest absolute Gasteiger partial charge is 0.354 e. The van der Waals surface area contributed by atoms with Crippen LogP contribution in [0.1, 0.15) is 30.0 Å². The van der Waals surface area contributed by atoms with E-state index < -0.39 is 0 Å². The zero-order chi connectivity index (χ0) is 14.3. The Labute approximate surface area is 123 Å². The van der Waals surface area contributed by atoms with Crippen molar-refractivity contribution in [1.82, 2.24) is 10.2 Å². The second-order valence-corrected chi connectivity index (χ2v) is 6.46. The van der Waals surface area contributed by atoms with E-state index >= 15 is 0 Å². The Morgan fingerprint density at radius 2 is 1.80 bits per heavy atom. The van der Waals surface area contributed by atoms with E-state index in [0.29, 0.717) is 6.17 Å². The summed E-state index contributed by atoms with van der Waals surface area (Å²) < 4.78 is 0. The molecule has 0 spiro atoms. The highest BCUT2D eigenvalue weighted by Crippen LogP contribution is 2.32. The normalized spacial score (nSPS) is 27.5. The molecule has 2 unspecified atom stereocenters. The van der Waals surface area contributed by atoms with Gasteiger partial charge in [0.2, 0.25) is 0 Å². The smallest absolute Gasteiger partial charge is 0.0796 e. The molecule has 2 aliphatic heterocycles. The third-order valence-corrected chi connectivity index (χ3v) is 4.96. The molecule has 110 valence electrons. The van der Waals surface area contributed by atoms with Gasteiger partial charge in [-0.3, -0.25) is 4.90 Å². The summed E-state index contributed by atoms with van der Waals surface area (Å²) in [7, 11) is 0. The van der Waals surface area contributed by atoms with E-state index in [2.05, 4.69) is 54.9 Å². The molecule has 0 radical (unpaired) electrons. The lowest BCUT2D eigenvalue weighted by Gasteiger charge is -2.33. The average molecular weight is 273 g/mol. The molecule has 3 nitrogen and oxygen atoms in total. The number of hydrogen-bond acceptors (Lipinski definition) is 3. The van der Waals surface area contributed by atoms with Crippen LogP contribution in [0.4, 0.5) is 5.69 Å². The lowest BCUT2D eigenvalue weighted by atomic mass is 10.0. The van der Waals surface area contributed by atoms with E-state index in [1.165, 1.54) is 41.9 Å². The van der Waals surface area contributed by atoms with Crippen molar-refractivity contribution in [3.8, 4) is 0 Å². The van der Waals surface area contributed by atoms with Crippen molar-refractivity contribution in [2.24, 2.45) is 0 Å². The molecule has 1 aromatic carbocycles. The van der Waals surface area contributed by atoms with Crippen molar-refractivity contribution < 1.29 is 0 Å². The molecule has 3 rings (SSSR count). The summed E-state index contributed by atoms with van der Waals surface area (Å²) in [5.74, 6) is 0. The molecule has 0 amide bonds. The molecule has 0 bridgehead atoms. The van der Waals surface area contributed by atoms with Crippen LogP contribution in [0.3, 0.4) is 0 Å². The van der Waals surface area contributed by atoms with Gasteiger partial charge in [-0.25, -0.2) is 0 Å². The average Bonchev–Trinajstić information content (AvgIpc) is 2.99. The Hall–Kier alpha value is -1.06. The Kier molecular flexibility index (Phi) is 3.74. The predicted molar refractivity (Wildman–Crippen MR) is 85.4 cm³/mol. The maximum absolute atomic E-state index is 3.49. The number of anilines is 1. The molecule has 2 atom stereocenters. The number of benzene rings is 1. The van der Waals surface area contributed by atoms with Crippen LogP contribution < -0.4 is 10.2 Å². The van der Waals surface area contributed by atoms with Crippen LogP contribution in [0.15, 0.2) is 12.1 Å². The number of nitrogens with zero attached hydrogens (tertiary/aromatic N) is 2. The van der Waals surface area contributed by atoms with Gasteiger partial charge in [-0.1, -0.05) is 17.7 Å². The monoisotopic (exact) mass is 273 g/mol. The minimum absolute atomic E-state index is 0.514. The molecule has 0 aliphatic carbocycles. The fourth-order valence-electron chi connectivity index (χ4n) is 4.11. The lowest BCUT2D eigenvalue weighted by molar-refractivity contribution is 0.203. The molecule has 1 aromatic rings. The first-order chi connectivity index (χ1) is 9.58.